The second-order valence-corrected chi connectivity index (χ2v) is 4.92. The lowest BCUT2D eigenvalue weighted by Gasteiger charge is -2.18. The van der Waals surface area contributed by atoms with Gasteiger partial charge in [0.25, 0.3) is 0 Å². The van der Waals surface area contributed by atoms with E-state index in [1.165, 1.54) is 18.4 Å². The Balaban J connectivity index is 1.88. The van der Waals surface area contributed by atoms with Crippen LogP contribution in [0.3, 0.4) is 0 Å². The van der Waals surface area contributed by atoms with E-state index in [4.69, 9.17) is 22.1 Å². The molecule has 1 fully saturated rings. The Labute approximate surface area is 111 Å². The van der Waals surface area contributed by atoms with Gasteiger partial charge in [0.2, 0.25) is 0 Å². The highest BCUT2D eigenvalue weighted by Gasteiger charge is 2.31. The zero-order valence-electron chi connectivity index (χ0n) is 10.1. The Kier molecular flexibility index (Phi) is 4.44. The fraction of sp³-hybridized carbons (Fsp3) is 0.462. The molecule has 0 heterocycles. The monoisotopic (exact) mass is 268 g/mol. The standard InChI is InChI=1S/C13H17ClN2O2/c14-11-5-3-10(4-6-11)12(9-1-2-9)16-7-8-18-13(15)17/h3-6,9,12,16H,1-2,7-8H2,(H2,15,17). The third-order valence-corrected chi connectivity index (χ3v) is 3.29. The van der Waals surface area contributed by atoms with E-state index in [0.717, 1.165) is 5.02 Å². The van der Waals surface area contributed by atoms with Crippen LogP contribution in [0.25, 0.3) is 0 Å². The van der Waals surface area contributed by atoms with Gasteiger partial charge in [-0.05, 0) is 36.5 Å². The van der Waals surface area contributed by atoms with E-state index in [1.54, 1.807) is 0 Å². The van der Waals surface area contributed by atoms with Crippen molar-refractivity contribution in [3.05, 3.63) is 34.9 Å². The molecular formula is C13H17ClN2O2. The first-order valence-corrected chi connectivity index (χ1v) is 6.45. The molecule has 1 aromatic rings. The van der Waals surface area contributed by atoms with Crippen LogP contribution in [-0.4, -0.2) is 19.2 Å². The van der Waals surface area contributed by atoms with Crippen molar-refractivity contribution in [2.24, 2.45) is 11.7 Å². The lowest BCUT2D eigenvalue weighted by molar-refractivity contribution is 0.155. The Hall–Kier alpha value is -1.26. The number of hydrogen-bond donors (Lipinski definition) is 2. The highest BCUT2D eigenvalue weighted by molar-refractivity contribution is 6.30. The normalized spacial score (nSPS) is 16.3. The summed E-state index contributed by atoms with van der Waals surface area (Å²) < 4.78 is 4.70. The number of nitrogens with one attached hydrogen (secondary N) is 1. The average molecular weight is 269 g/mol. The first-order chi connectivity index (χ1) is 8.66. The summed E-state index contributed by atoms with van der Waals surface area (Å²) in [7, 11) is 0. The topological polar surface area (TPSA) is 64.4 Å². The van der Waals surface area contributed by atoms with Crippen LogP contribution in [0.1, 0.15) is 24.4 Å². The largest absolute Gasteiger partial charge is 0.448 e. The molecule has 0 aromatic heterocycles. The number of carbonyl (C=O) groups excluding carboxylic acids is 1. The number of primary amides is 1. The minimum absolute atomic E-state index is 0.298. The molecule has 98 valence electrons. The Morgan fingerprint density at radius 1 is 1.44 bits per heavy atom. The molecule has 0 saturated heterocycles. The van der Waals surface area contributed by atoms with Crippen LogP contribution in [0.2, 0.25) is 5.02 Å². The van der Waals surface area contributed by atoms with E-state index < -0.39 is 6.09 Å². The van der Waals surface area contributed by atoms with Gasteiger partial charge in [-0.2, -0.15) is 0 Å². The smallest absolute Gasteiger partial charge is 0.404 e. The van der Waals surface area contributed by atoms with Crippen molar-refractivity contribution in [3.63, 3.8) is 0 Å². The molecule has 0 radical (unpaired) electrons. The zero-order chi connectivity index (χ0) is 13.0. The fourth-order valence-electron chi connectivity index (χ4n) is 2.02. The van der Waals surface area contributed by atoms with Gasteiger partial charge in [-0.25, -0.2) is 4.79 Å². The molecule has 18 heavy (non-hydrogen) atoms. The highest BCUT2D eigenvalue weighted by Crippen LogP contribution is 2.41. The van der Waals surface area contributed by atoms with Crippen molar-refractivity contribution in [1.82, 2.24) is 5.32 Å². The number of hydrogen-bond acceptors (Lipinski definition) is 3. The van der Waals surface area contributed by atoms with Crippen LogP contribution < -0.4 is 11.1 Å². The minimum atomic E-state index is -0.730. The van der Waals surface area contributed by atoms with Crippen LogP contribution in [-0.2, 0) is 4.74 Å². The van der Waals surface area contributed by atoms with E-state index in [-0.39, 0.29) is 0 Å². The van der Waals surface area contributed by atoms with E-state index in [1.807, 2.05) is 24.3 Å². The van der Waals surface area contributed by atoms with Crippen LogP contribution in [0.4, 0.5) is 4.79 Å². The molecule has 3 N–H and O–H groups in total. The quantitative estimate of drug-likeness (QED) is 0.779. The lowest BCUT2D eigenvalue weighted by Crippen LogP contribution is -2.28. The number of halogens is 1. The van der Waals surface area contributed by atoms with Gasteiger partial charge in [-0.1, -0.05) is 23.7 Å². The maximum absolute atomic E-state index is 10.5. The molecule has 5 heteroatoms. The third kappa shape index (κ3) is 3.89. The number of amides is 1. The maximum Gasteiger partial charge on any atom is 0.404 e. The summed E-state index contributed by atoms with van der Waals surface area (Å²) in [5.74, 6) is 0.666. The summed E-state index contributed by atoms with van der Waals surface area (Å²) >= 11 is 5.88. The second-order valence-electron chi connectivity index (χ2n) is 4.49. The molecule has 1 aromatic carbocycles. The molecule has 1 aliphatic rings. The van der Waals surface area contributed by atoms with Gasteiger partial charge in [-0.3, -0.25) is 0 Å². The number of benzene rings is 1. The summed E-state index contributed by atoms with van der Waals surface area (Å²) in [6.45, 7) is 0.902. The van der Waals surface area contributed by atoms with Gasteiger partial charge in [0.15, 0.2) is 0 Å². The van der Waals surface area contributed by atoms with Gasteiger partial charge < -0.3 is 15.8 Å². The molecule has 1 atom stereocenters. The Morgan fingerprint density at radius 2 is 2.11 bits per heavy atom. The number of carbonyl (C=O) groups is 1. The molecular weight excluding hydrogens is 252 g/mol. The summed E-state index contributed by atoms with van der Waals surface area (Å²) in [4.78, 5) is 10.5. The third-order valence-electron chi connectivity index (χ3n) is 3.03. The summed E-state index contributed by atoms with van der Waals surface area (Å²) in [5.41, 5.74) is 6.13. The summed E-state index contributed by atoms with van der Waals surface area (Å²) in [5, 5.41) is 4.14. The first-order valence-electron chi connectivity index (χ1n) is 6.08. The van der Waals surface area contributed by atoms with Crippen LogP contribution in [0.5, 0.6) is 0 Å². The van der Waals surface area contributed by atoms with Crippen molar-refractivity contribution in [2.45, 2.75) is 18.9 Å². The van der Waals surface area contributed by atoms with Crippen LogP contribution in [0, 0.1) is 5.92 Å². The van der Waals surface area contributed by atoms with Crippen molar-refractivity contribution < 1.29 is 9.53 Å². The van der Waals surface area contributed by atoms with Gasteiger partial charge in [0.1, 0.15) is 6.61 Å². The van der Waals surface area contributed by atoms with E-state index in [0.29, 0.717) is 25.1 Å². The maximum atomic E-state index is 10.5. The molecule has 4 nitrogen and oxygen atoms in total. The van der Waals surface area contributed by atoms with E-state index in [2.05, 4.69) is 5.32 Å². The molecule has 1 amide bonds. The lowest BCUT2D eigenvalue weighted by atomic mass is 10.0. The van der Waals surface area contributed by atoms with Gasteiger partial charge in [0.05, 0.1) is 0 Å². The molecule has 0 spiro atoms. The van der Waals surface area contributed by atoms with Gasteiger partial charge in [0, 0.05) is 17.6 Å². The molecule has 1 saturated carbocycles. The highest BCUT2D eigenvalue weighted by atomic mass is 35.5. The molecule has 0 aliphatic heterocycles. The molecule has 1 aliphatic carbocycles. The fourth-order valence-corrected chi connectivity index (χ4v) is 2.15. The van der Waals surface area contributed by atoms with Gasteiger partial charge >= 0.3 is 6.09 Å². The first kappa shape index (κ1) is 13.2. The summed E-state index contributed by atoms with van der Waals surface area (Å²) in [6, 6.07) is 8.17. The van der Waals surface area contributed by atoms with Crippen LogP contribution >= 0.6 is 11.6 Å². The van der Waals surface area contributed by atoms with Gasteiger partial charge in [-0.15, -0.1) is 0 Å². The average Bonchev–Trinajstić information content (AvgIpc) is 3.15. The Morgan fingerprint density at radius 3 is 2.67 bits per heavy atom. The minimum Gasteiger partial charge on any atom is -0.448 e. The van der Waals surface area contributed by atoms with Crippen molar-refractivity contribution in [1.29, 1.82) is 0 Å². The van der Waals surface area contributed by atoms with Crippen molar-refractivity contribution in [2.75, 3.05) is 13.2 Å². The molecule has 1 unspecified atom stereocenters. The predicted molar refractivity (Wildman–Crippen MR) is 70.5 cm³/mol. The van der Waals surface area contributed by atoms with E-state index >= 15 is 0 Å². The van der Waals surface area contributed by atoms with Crippen LogP contribution in [0.15, 0.2) is 24.3 Å². The number of rotatable bonds is 6. The van der Waals surface area contributed by atoms with Crippen molar-refractivity contribution >= 4 is 17.7 Å². The zero-order valence-corrected chi connectivity index (χ0v) is 10.8. The van der Waals surface area contributed by atoms with E-state index in [9.17, 15) is 4.79 Å². The molecule has 2 rings (SSSR count). The van der Waals surface area contributed by atoms with Crippen molar-refractivity contribution in [3.8, 4) is 0 Å². The number of nitrogens with two attached hydrogens (primary N) is 1. The predicted octanol–water partition coefficient (Wildman–Crippen LogP) is 2.48. The second kappa shape index (κ2) is 6.07. The SMILES string of the molecule is NC(=O)OCCNC(c1ccc(Cl)cc1)C1CC1. The molecule has 0 bridgehead atoms. The number of ether oxygens (including phenoxy) is 1. The Bertz CT molecular complexity index is 404. The summed E-state index contributed by atoms with van der Waals surface area (Å²) in [6.07, 6.45) is 1.74.